The van der Waals surface area contributed by atoms with Crippen LogP contribution in [0.3, 0.4) is 0 Å². The molecular formula is C11H12F3NO2. The standard InChI is InChI=1S/C11H12F3NO2/c12-7-5-9(14)8(13)4-6(7)2-1-3-10(15)11(16)17/h4-5,10H,1-3,15H2,(H,16,17). The molecule has 1 aromatic carbocycles. The Morgan fingerprint density at radius 1 is 1.24 bits per heavy atom. The number of hydrogen-bond donors (Lipinski definition) is 2. The maximum absolute atomic E-state index is 13.2. The van der Waals surface area contributed by atoms with Crippen LogP contribution in [0.5, 0.6) is 0 Å². The summed E-state index contributed by atoms with van der Waals surface area (Å²) in [6.45, 7) is 0. The maximum atomic E-state index is 13.2. The third-order valence-electron chi connectivity index (χ3n) is 2.37. The monoisotopic (exact) mass is 247 g/mol. The van der Waals surface area contributed by atoms with E-state index in [-0.39, 0.29) is 24.8 Å². The normalized spacial score (nSPS) is 12.5. The number of carboxylic acids is 1. The summed E-state index contributed by atoms with van der Waals surface area (Å²) in [6, 6.07) is 0.224. The van der Waals surface area contributed by atoms with Gasteiger partial charge in [0.2, 0.25) is 0 Å². The molecule has 1 unspecified atom stereocenters. The highest BCUT2D eigenvalue weighted by Gasteiger charge is 2.13. The fraction of sp³-hybridized carbons (Fsp3) is 0.364. The van der Waals surface area contributed by atoms with Gasteiger partial charge < -0.3 is 10.8 Å². The van der Waals surface area contributed by atoms with Gasteiger partial charge in [-0.05, 0) is 30.9 Å². The Kier molecular flexibility index (Phi) is 4.51. The number of aliphatic carboxylic acids is 1. The SMILES string of the molecule is NC(CCCc1cc(F)c(F)cc1F)C(=O)O. The number of carbonyl (C=O) groups is 1. The summed E-state index contributed by atoms with van der Waals surface area (Å²) in [5, 5.41) is 8.51. The van der Waals surface area contributed by atoms with Gasteiger partial charge in [-0.15, -0.1) is 0 Å². The first kappa shape index (κ1) is 13.5. The van der Waals surface area contributed by atoms with Crippen LogP contribution in [0, 0.1) is 17.5 Å². The lowest BCUT2D eigenvalue weighted by atomic mass is 10.0. The Balaban J connectivity index is 2.58. The van der Waals surface area contributed by atoms with Crippen LogP contribution in [0.4, 0.5) is 13.2 Å². The Bertz CT molecular complexity index is 423. The lowest BCUT2D eigenvalue weighted by molar-refractivity contribution is -0.138. The molecule has 0 saturated heterocycles. The van der Waals surface area contributed by atoms with Gasteiger partial charge in [0.15, 0.2) is 11.6 Å². The zero-order chi connectivity index (χ0) is 13.0. The van der Waals surface area contributed by atoms with Crippen LogP contribution >= 0.6 is 0 Å². The second kappa shape index (κ2) is 5.67. The fourth-order valence-electron chi connectivity index (χ4n) is 1.39. The Labute approximate surface area is 96.0 Å². The van der Waals surface area contributed by atoms with E-state index in [2.05, 4.69) is 0 Å². The Morgan fingerprint density at radius 3 is 2.41 bits per heavy atom. The molecule has 0 amide bonds. The molecule has 0 fully saturated rings. The molecule has 1 aromatic rings. The van der Waals surface area contributed by atoms with Crippen LogP contribution in [0.25, 0.3) is 0 Å². The summed E-state index contributed by atoms with van der Waals surface area (Å²) >= 11 is 0. The van der Waals surface area contributed by atoms with Crippen LogP contribution in [0.1, 0.15) is 18.4 Å². The molecule has 3 N–H and O–H groups in total. The fourth-order valence-corrected chi connectivity index (χ4v) is 1.39. The van der Waals surface area contributed by atoms with Gasteiger partial charge in [0, 0.05) is 6.07 Å². The van der Waals surface area contributed by atoms with Crippen molar-refractivity contribution in [2.24, 2.45) is 5.73 Å². The summed E-state index contributed by atoms with van der Waals surface area (Å²) in [5.74, 6) is -4.35. The highest BCUT2D eigenvalue weighted by atomic mass is 19.2. The van der Waals surface area contributed by atoms with E-state index in [1.807, 2.05) is 0 Å². The summed E-state index contributed by atoms with van der Waals surface area (Å²) < 4.78 is 38.6. The number of hydrogen-bond acceptors (Lipinski definition) is 2. The molecule has 94 valence electrons. The van der Waals surface area contributed by atoms with Crippen LogP contribution < -0.4 is 5.73 Å². The lowest BCUT2D eigenvalue weighted by Gasteiger charge is -2.07. The van der Waals surface area contributed by atoms with Crippen molar-refractivity contribution >= 4 is 5.97 Å². The van der Waals surface area contributed by atoms with E-state index in [0.717, 1.165) is 6.07 Å². The van der Waals surface area contributed by atoms with Gasteiger partial charge in [-0.2, -0.15) is 0 Å². The van der Waals surface area contributed by atoms with Gasteiger partial charge in [0.1, 0.15) is 11.9 Å². The quantitative estimate of drug-likeness (QED) is 0.780. The molecule has 0 aromatic heterocycles. The third-order valence-corrected chi connectivity index (χ3v) is 2.37. The molecule has 1 rings (SSSR count). The zero-order valence-electron chi connectivity index (χ0n) is 8.92. The van der Waals surface area contributed by atoms with Crippen molar-refractivity contribution in [3.63, 3.8) is 0 Å². The van der Waals surface area contributed by atoms with E-state index in [1.165, 1.54) is 0 Å². The number of carboxylic acid groups (broad SMARTS) is 1. The average Bonchev–Trinajstić information content (AvgIpc) is 2.25. The molecule has 0 aliphatic rings. The van der Waals surface area contributed by atoms with Crippen molar-refractivity contribution < 1.29 is 23.1 Å². The molecule has 0 spiro atoms. The first-order chi connectivity index (χ1) is 7.91. The molecule has 0 saturated carbocycles. The van der Waals surface area contributed by atoms with Crippen LogP contribution in [0.15, 0.2) is 12.1 Å². The largest absolute Gasteiger partial charge is 0.480 e. The Morgan fingerprint density at radius 2 is 1.82 bits per heavy atom. The maximum Gasteiger partial charge on any atom is 0.320 e. The smallest absolute Gasteiger partial charge is 0.320 e. The summed E-state index contributed by atoms with van der Waals surface area (Å²) in [5.41, 5.74) is 5.26. The van der Waals surface area contributed by atoms with Gasteiger partial charge in [-0.3, -0.25) is 4.79 Å². The van der Waals surface area contributed by atoms with E-state index in [0.29, 0.717) is 6.07 Å². The molecular weight excluding hydrogens is 235 g/mol. The summed E-state index contributed by atoms with van der Waals surface area (Å²) in [7, 11) is 0. The minimum atomic E-state index is -1.24. The van der Waals surface area contributed by atoms with Crippen molar-refractivity contribution in [2.75, 3.05) is 0 Å². The van der Waals surface area contributed by atoms with E-state index in [4.69, 9.17) is 10.8 Å². The topological polar surface area (TPSA) is 63.3 Å². The molecule has 6 heteroatoms. The molecule has 0 heterocycles. The second-order valence-corrected chi connectivity index (χ2v) is 3.69. The van der Waals surface area contributed by atoms with E-state index in [1.54, 1.807) is 0 Å². The first-order valence-electron chi connectivity index (χ1n) is 5.03. The van der Waals surface area contributed by atoms with E-state index >= 15 is 0 Å². The van der Waals surface area contributed by atoms with Crippen molar-refractivity contribution in [1.29, 1.82) is 0 Å². The molecule has 0 aliphatic heterocycles. The minimum absolute atomic E-state index is 0.0153. The number of benzene rings is 1. The van der Waals surface area contributed by atoms with Gasteiger partial charge in [-0.25, -0.2) is 13.2 Å². The predicted octanol–water partition coefficient (Wildman–Crippen LogP) is 1.84. The van der Waals surface area contributed by atoms with Gasteiger partial charge in [0.25, 0.3) is 0 Å². The van der Waals surface area contributed by atoms with E-state index in [9.17, 15) is 18.0 Å². The predicted molar refractivity (Wildman–Crippen MR) is 54.9 cm³/mol. The highest BCUT2D eigenvalue weighted by Crippen LogP contribution is 2.16. The van der Waals surface area contributed by atoms with Crippen molar-refractivity contribution in [3.05, 3.63) is 35.1 Å². The van der Waals surface area contributed by atoms with Crippen molar-refractivity contribution in [2.45, 2.75) is 25.3 Å². The third kappa shape index (κ3) is 3.74. The van der Waals surface area contributed by atoms with Crippen LogP contribution in [-0.4, -0.2) is 17.1 Å². The molecule has 17 heavy (non-hydrogen) atoms. The van der Waals surface area contributed by atoms with Gasteiger partial charge in [-0.1, -0.05) is 0 Å². The van der Waals surface area contributed by atoms with Crippen LogP contribution in [0.2, 0.25) is 0 Å². The number of halogens is 3. The average molecular weight is 247 g/mol. The van der Waals surface area contributed by atoms with Gasteiger partial charge in [0.05, 0.1) is 0 Å². The second-order valence-electron chi connectivity index (χ2n) is 3.69. The first-order valence-corrected chi connectivity index (χ1v) is 5.03. The number of rotatable bonds is 5. The summed E-state index contributed by atoms with van der Waals surface area (Å²) in [4.78, 5) is 10.4. The lowest BCUT2D eigenvalue weighted by Crippen LogP contribution is -2.29. The molecule has 1 atom stereocenters. The molecule has 0 bridgehead atoms. The summed E-state index contributed by atoms with van der Waals surface area (Å²) in [6.07, 6.45) is 0.549. The van der Waals surface area contributed by atoms with E-state index < -0.39 is 29.5 Å². The zero-order valence-corrected chi connectivity index (χ0v) is 8.92. The van der Waals surface area contributed by atoms with Crippen molar-refractivity contribution in [1.82, 2.24) is 0 Å². The van der Waals surface area contributed by atoms with Crippen LogP contribution in [-0.2, 0) is 11.2 Å². The molecule has 0 aliphatic carbocycles. The highest BCUT2D eigenvalue weighted by molar-refractivity contribution is 5.72. The molecule has 0 radical (unpaired) electrons. The minimum Gasteiger partial charge on any atom is -0.480 e. The van der Waals surface area contributed by atoms with Gasteiger partial charge >= 0.3 is 5.97 Å². The Hall–Kier alpha value is -1.56. The number of nitrogens with two attached hydrogens (primary N) is 1. The molecule has 3 nitrogen and oxygen atoms in total. The van der Waals surface area contributed by atoms with Crippen molar-refractivity contribution in [3.8, 4) is 0 Å². The number of aryl methyl sites for hydroxylation is 1.